The van der Waals surface area contributed by atoms with Crippen LogP contribution in [0.2, 0.25) is 0 Å². The molecule has 1 unspecified atom stereocenters. The lowest BCUT2D eigenvalue weighted by Gasteiger charge is -2.14. The number of aromatic nitrogens is 2. The van der Waals surface area contributed by atoms with Gasteiger partial charge in [-0.15, -0.1) is 0 Å². The van der Waals surface area contributed by atoms with Gasteiger partial charge in [0.2, 0.25) is 5.96 Å². The predicted octanol–water partition coefficient (Wildman–Crippen LogP) is 4.13. The molecule has 0 aromatic carbocycles. The van der Waals surface area contributed by atoms with Gasteiger partial charge in [-0.2, -0.15) is 5.10 Å². The summed E-state index contributed by atoms with van der Waals surface area (Å²) in [5, 5.41) is 8.02. The molecule has 0 saturated heterocycles. The van der Waals surface area contributed by atoms with Crippen molar-refractivity contribution in [3.63, 3.8) is 0 Å². The molecule has 1 atom stereocenters. The molecule has 0 aliphatic rings. The molecule has 5 heteroatoms. The number of rotatable bonds is 5. The van der Waals surface area contributed by atoms with Crippen molar-refractivity contribution in [3.8, 4) is 0 Å². The Morgan fingerprint density at radius 2 is 2.00 bits per heavy atom. The van der Waals surface area contributed by atoms with E-state index in [9.17, 15) is 0 Å². The van der Waals surface area contributed by atoms with Crippen LogP contribution in [0, 0.1) is 0 Å². The Labute approximate surface area is 144 Å². The Balaban J connectivity index is 2.50. The number of hydrogen-bond acceptors (Lipinski definition) is 2. The lowest BCUT2D eigenvalue weighted by atomic mass is 10.00. The van der Waals surface area contributed by atoms with Crippen molar-refractivity contribution >= 4 is 17.7 Å². The predicted molar refractivity (Wildman–Crippen MR) is 102 cm³/mol. The summed E-state index contributed by atoms with van der Waals surface area (Å²) in [7, 11) is 0. The van der Waals surface area contributed by atoms with E-state index < -0.39 is 0 Å². The quantitative estimate of drug-likeness (QED) is 0.664. The second-order valence-corrected chi connectivity index (χ2v) is 6.43. The lowest BCUT2D eigenvalue weighted by Crippen LogP contribution is -2.29. The molecule has 1 N–H and O–H groups in total. The average molecular weight is 325 g/mol. The van der Waals surface area contributed by atoms with Gasteiger partial charge in [0.25, 0.3) is 0 Å². The summed E-state index contributed by atoms with van der Waals surface area (Å²) in [6, 6.07) is 6.31. The van der Waals surface area contributed by atoms with Gasteiger partial charge in [0.1, 0.15) is 0 Å². The number of nitrogens with zero attached hydrogens (tertiary/aromatic N) is 4. The Hall–Kier alpha value is -2.43. The summed E-state index contributed by atoms with van der Waals surface area (Å²) in [5.74, 6) is 0.943. The van der Waals surface area contributed by atoms with E-state index in [0.29, 0.717) is 11.9 Å². The number of nitrogens with one attached hydrogen (secondary N) is 1. The summed E-state index contributed by atoms with van der Waals surface area (Å²) in [6.45, 7) is 14.2. The molecule has 0 saturated carbocycles. The van der Waals surface area contributed by atoms with E-state index in [1.54, 1.807) is 12.3 Å². The van der Waals surface area contributed by atoms with Gasteiger partial charge in [0.05, 0.1) is 17.3 Å². The van der Waals surface area contributed by atoms with Crippen LogP contribution in [0.15, 0.2) is 47.0 Å². The van der Waals surface area contributed by atoms with Crippen LogP contribution in [0.1, 0.15) is 57.8 Å². The highest BCUT2D eigenvalue weighted by atomic mass is 15.2. The van der Waals surface area contributed by atoms with Crippen LogP contribution in [0.5, 0.6) is 0 Å². The monoisotopic (exact) mass is 325 g/mol. The Kier molecular flexibility index (Phi) is 5.90. The number of aliphatic imine (C=N–C) groups is 2. The number of guanidine groups is 1. The van der Waals surface area contributed by atoms with Crippen molar-refractivity contribution in [2.75, 3.05) is 0 Å². The molecule has 0 fully saturated rings. The summed E-state index contributed by atoms with van der Waals surface area (Å²) < 4.78 is 1.93. The summed E-state index contributed by atoms with van der Waals surface area (Å²) >= 11 is 0. The third kappa shape index (κ3) is 4.10. The fraction of sp³-hybridized carbons (Fsp3) is 0.421. The molecular formula is C19H27N5. The zero-order valence-electron chi connectivity index (χ0n) is 15.2. The van der Waals surface area contributed by atoms with Crippen LogP contribution < -0.4 is 5.32 Å². The molecule has 0 amide bonds. The van der Waals surface area contributed by atoms with Gasteiger partial charge in [0, 0.05) is 24.0 Å². The van der Waals surface area contributed by atoms with Gasteiger partial charge in [-0.05, 0) is 38.8 Å². The molecule has 0 bridgehead atoms. The topological polar surface area (TPSA) is 54.0 Å². The molecule has 2 aromatic heterocycles. The zero-order valence-corrected chi connectivity index (χ0v) is 15.2. The average Bonchev–Trinajstić information content (AvgIpc) is 2.91. The van der Waals surface area contributed by atoms with Crippen LogP contribution >= 0.6 is 0 Å². The first-order valence-corrected chi connectivity index (χ1v) is 8.40. The number of hydrogen-bond donors (Lipinski definition) is 1. The van der Waals surface area contributed by atoms with Crippen molar-refractivity contribution in [3.05, 3.63) is 48.3 Å². The first kappa shape index (κ1) is 17.9. The molecule has 0 aliphatic heterocycles. The Morgan fingerprint density at radius 3 is 2.62 bits per heavy atom. The maximum Gasteiger partial charge on any atom is 0.218 e. The van der Waals surface area contributed by atoms with Crippen molar-refractivity contribution < 1.29 is 0 Å². The summed E-state index contributed by atoms with van der Waals surface area (Å²) in [4.78, 5) is 9.15. The number of fused-ring (bicyclic) bond motifs is 1. The molecule has 5 nitrogen and oxygen atoms in total. The highest BCUT2D eigenvalue weighted by molar-refractivity contribution is 5.91. The minimum Gasteiger partial charge on any atom is -0.352 e. The summed E-state index contributed by atoms with van der Waals surface area (Å²) in [6.07, 6.45) is 5.28. The van der Waals surface area contributed by atoms with Gasteiger partial charge in [-0.3, -0.25) is 0 Å². The first-order chi connectivity index (χ1) is 11.4. The molecule has 2 heterocycles. The second-order valence-electron chi connectivity index (χ2n) is 6.43. The second kappa shape index (κ2) is 7.90. The van der Waals surface area contributed by atoms with Gasteiger partial charge in [-0.25, -0.2) is 14.5 Å². The van der Waals surface area contributed by atoms with E-state index in [-0.39, 0.29) is 12.1 Å². The molecule has 0 radical (unpaired) electrons. The molecule has 2 aromatic rings. The smallest absolute Gasteiger partial charge is 0.218 e. The van der Waals surface area contributed by atoms with Gasteiger partial charge >= 0.3 is 0 Å². The van der Waals surface area contributed by atoms with E-state index >= 15 is 0 Å². The van der Waals surface area contributed by atoms with E-state index in [1.165, 1.54) is 0 Å². The van der Waals surface area contributed by atoms with Crippen LogP contribution in [0.25, 0.3) is 5.52 Å². The maximum atomic E-state index is 4.80. The molecule has 24 heavy (non-hydrogen) atoms. The van der Waals surface area contributed by atoms with Crippen molar-refractivity contribution in [1.82, 2.24) is 14.9 Å². The van der Waals surface area contributed by atoms with E-state index in [2.05, 4.69) is 57.6 Å². The van der Waals surface area contributed by atoms with Crippen LogP contribution in [0.3, 0.4) is 0 Å². The Morgan fingerprint density at radius 1 is 1.25 bits per heavy atom. The molecular weight excluding hydrogens is 298 g/mol. The third-order valence-electron chi connectivity index (χ3n) is 3.61. The minimum absolute atomic E-state index is 0.0504. The van der Waals surface area contributed by atoms with Gasteiger partial charge in [-0.1, -0.05) is 32.6 Å². The fourth-order valence-electron chi connectivity index (χ4n) is 2.63. The van der Waals surface area contributed by atoms with Crippen molar-refractivity contribution in [2.24, 2.45) is 9.98 Å². The molecule has 0 aliphatic carbocycles. The first-order valence-electron chi connectivity index (χ1n) is 8.40. The molecule has 2 rings (SSSR count). The van der Waals surface area contributed by atoms with Gasteiger partial charge in [0.15, 0.2) is 0 Å². The van der Waals surface area contributed by atoms with Crippen LogP contribution in [0.4, 0.5) is 0 Å². The van der Waals surface area contributed by atoms with Crippen molar-refractivity contribution in [2.45, 2.75) is 52.6 Å². The number of allylic oxidation sites excluding steroid dienone is 1. The van der Waals surface area contributed by atoms with Crippen LogP contribution in [-0.4, -0.2) is 27.8 Å². The normalized spacial score (nSPS) is 14.0. The van der Waals surface area contributed by atoms with E-state index in [4.69, 9.17) is 10.1 Å². The standard InChI is InChI=1S/C19H27N5/c1-7-11-20-19(21-14(4)5)22-15(6)17-16-10-8-9-12-24(16)23-18(17)13(2)3/h7-15H,1H2,2-6H3,(H,21,22)/b20-11-. The lowest BCUT2D eigenvalue weighted by molar-refractivity contribution is 0.704. The molecule has 0 spiro atoms. The van der Waals surface area contributed by atoms with Crippen LogP contribution in [-0.2, 0) is 0 Å². The molecule has 128 valence electrons. The third-order valence-corrected chi connectivity index (χ3v) is 3.61. The highest BCUT2D eigenvalue weighted by Gasteiger charge is 2.20. The van der Waals surface area contributed by atoms with E-state index in [1.807, 2.05) is 22.8 Å². The Bertz CT molecular complexity index is 752. The highest BCUT2D eigenvalue weighted by Crippen LogP contribution is 2.30. The fourth-order valence-corrected chi connectivity index (χ4v) is 2.63. The van der Waals surface area contributed by atoms with Gasteiger partial charge < -0.3 is 5.32 Å². The minimum atomic E-state index is -0.0504. The number of pyridine rings is 1. The zero-order chi connectivity index (χ0) is 17.7. The summed E-state index contributed by atoms with van der Waals surface area (Å²) in [5.41, 5.74) is 3.32. The largest absolute Gasteiger partial charge is 0.352 e. The maximum absolute atomic E-state index is 4.80. The van der Waals surface area contributed by atoms with Crippen molar-refractivity contribution in [1.29, 1.82) is 0 Å². The van der Waals surface area contributed by atoms with E-state index in [0.717, 1.165) is 16.8 Å². The SMILES string of the molecule is C=C/C=N\C(=N/C(C)c1c(C(C)C)nn2ccccc12)NC(C)C.